The zero-order valence-corrected chi connectivity index (χ0v) is 25.9. The van der Waals surface area contributed by atoms with Gasteiger partial charge in [-0.2, -0.15) is 0 Å². The van der Waals surface area contributed by atoms with Crippen molar-refractivity contribution in [3.05, 3.63) is 216 Å². The van der Waals surface area contributed by atoms with Crippen molar-refractivity contribution in [1.29, 1.82) is 0 Å². The third-order valence-electron chi connectivity index (χ3n) is 8.66. The van der Waals surface area contributed by atoms with Crippen LogP contribution in [0.3, 0.4) is 0 Å². The quantitative estimate of drug-likeness (QED) is 0.166. The molecule has 2 heteroatoms. The number of nitrogens with zero attached hydrogens (tertiary/aromatic N) is 2. The third kappa shape index (κ3) is 5.69. The summed E-state index contributed by atoms with van der Waals surface area (Å²) in [4.78, 5) is 4.78. The SMILES string of the molecule is C(=C(c1ccccc1)c1ccc2c(c1)c1cc(C(=Cc3ccccc3)c3ccccc3)ccc1n2-c1ccccn1)c1ccccc1. The summed E-state index contributed by atoms with van der Waals surface area (Å²) < 4.78 is 2.28. The first-order valence-corrected chi connectivity index (χ1v) is 16.0. The Bertz CT molecular complexity index is 2200. The third-order valence-corrected chi connectivity index (χ3v) is 8.66. The summed E-state index contributed by atoms with van der Waals surface area (Å²) in [6.45, 7) is 0. The topological polar surface area (TPSA) is 17.8 Å². The number of rotatable bonds is 7. The highest BCUT2D eigenvalue weighted by atomic mass is 15.1. The maximum atomic E-state index is 4.78. The van der Waals surface area contributed by atoms with Crippen LogP contribution >= 0.6 is 0 Å². The summed E-state index contributed by atoms with van der Waals surface area (Å²) in [5, 5.41) is 2.37. The number of hydrogen-bond donors (Lipinski definition) is 0. The summed E-state index contributed by atoms with van der Waals surface area (Å²) >= 11 is 0. The number of hydrogen-bond acceptors (Lipinski definition) is 1. The second-order valence-corrected chi connectivity index (χ2v) is 11.7. The Balaban J connectivity index is 1.39. The summed E-state index contributed by atoms with van der Waals surface area (Å²) in [6, 6.07) is 62.2. The molecule has 0 aliphatic carbocycles. The van der Waals surface area contributed by atoms with E-state index in [1.807, 2.05) is 12.3 Å². The van der Waals surface area contributed by atoms with Gasteiger partial charge in [0.25, 0.3) is 0 Å². The van der Waals surface area contributed by atoms with Gasteiger partial charge >= 0.3 is 0 Å². The Morgan fingerprint density at radius 2 is 0.830 bits per heavy atom. The van der Waals surface area contributed by atoms with Crippen molar-refractivity contribution in [3.63, 3.8) is 0 Å². The Morgan fingerprint density at radius 3 is 1.26 bits per heavy atom. The highest BCUT2D eigenvalue weighted by Gasteiger charge is 2.17. The molecule has 8 aromatic rings. The van der Waals surface area contributed by atoms with Crippen LogP contribution in [0.2, 0.25) is 0 Å². The van der Waals surface area contributed by atoms with E-state index in [0.29, 0.717) is 0 Å². The molecule has 2 aromatic heterocycles. The molecule has 0 aliphatic rings. The molecule has 0 aliphatic heterocycles. The van der Waals surface area contributed by atoms with Crippen molar-refractivity contribution >= 4 is 45.1 Å². The molecule has 0 spiro atoms. The summed E-state index contributed by atoms with van der Waals surface area (Å²) in [5.74, 6) is 0.902. The van der Waals surface area contributed by atoms with E-state index >= 15 is 0 Å². The van der Waals surface area contributed by atoms with Crippen molar-refractivity contribution < 1.29 is 0 Å². The Kier molecular flexibility index (Phi) is 7.59. The van der Waals surface area contributed by atoms with Crippen LogP contribution in [0.15, 0.2) is 182 Å². The number of fused-ring (bicyclic) bond motifs is 3. The van der Waals surface area contributed by atoms with Gasteiger partial charge in [-0.3, -0.25) is 4.57 Å². The van der Waals surface area contributed by atoms with E-state index in [2.05, 4.69) is 187 Å². The lowest BCUT2D eigenvalue weighted by atomic mass is 9.93. The van der Waals surface area contributed by atoms with Gasteiger partial charge < -0.3 is 0 Å². The van der Waals surface area contributed by atoms with E-state index in [4.69, 9.17) is 4.98 Å². The molecule has 0 saturated heterocycles. The molecule has 0 amide bonds. The van der Waals surface area contributed by atoms with Gasteiger partial charge in [0.05, 0.1) is 11.0 Å². The predicted molar refractivity (Wildman–Crippen MR) is 198 cm³/mol. The van der Waals surface area contributed by atoms with Gasteiger partial charge in [0.15, 0.2) is 0 Å². The molecule has 0 bridgehead atoms. The highest BCUT2D eigenvalue weighted by molar-refractivity contribution is 6.12. The van der Waals surface area contributed by atoms with Crippen molar-refractivity contribution in [2.75, 3.05) is 0 Å². The Hall–Kier alpha value is -6.25. The maximum absolute atomic E-state index is 4.78. The molecule has 8 rings (SSSR count). The van der Waals surface area contributed by atoms with Gasteiger partial charge in [0.1, 0.15) is 5.82 Å². The fourth-order valence-electron chi connectivity index (χ4n) is 6.43. The maximum Gasteiger partial charge on any atom is 0.137 e. The summed E-state index contributed by atoms with van der Waals surface area (Å²) in [7, 11) is 0. The molecule has 0 unspecified atom stereocenters. The molecule has 0 N–H and O–H groups in total. The van der Waals surface area contributed by atoms with E-state index in [1.54, 1.807) is 0 Å². The summed E-state index contributed by atoms with van der Waals surface area (Å²) in [6.07, 6.45) is 6.44. The largest absolute Gasteiger partial charge is 0.294 e. The average Bonchev–Trinajstić information content (AvgIpc) is 3.48. The average molecular weight is 601 g/mol. The van der Waals surface area contributed by atoms with Crippen LogP contribution in [-0.4, -0.2) is 9.55 Å². The normalized spacial score (nSPS) is 12.1. The van der Waals surface area contributed by atoms with Crippen molar-refractivity contribution in [3.8, 4) is 5.82 Å². The fraction of sp³-hybridized carbons (Fsp3) is 0. The van der Waals surface area contributed by atoms with Crippen LogP contribution in [-0.2, 0) is 0 Å². The van der Waals surface area contributed by atoms with Gasteiger partial charge in [0, 0.05) is 17.0 Å². The van der Waals surface area contributed by atoms with E-state index in [0.717, 1.165) is 16.9 Å². The van der Waals surface area contributed by atoms with Crippen LogP contribution in [0.25, 0.3) is 50.9 Å². The van der Waals surface area contributed by atoms with E-state index in [9.17, 15) is 0 Å². The standard InChI is InChI=1S/C45H32N2/c1-5-15-33(16-6-1)29-39(35-19-9-3-10-20-35)37-24-26-43-41(31-37)42-32-38(25-27-44(42)47(43)45-23-13-14-28-46-45)40(36-21-11-4-12-22-36)30-34-17-7-2-8-18-34/h1-32H. The molecule has 0 fully saturated rings. The second-order valence-electron chi connectivity index (χ2n) is 11.7. The minimum atomic E-state index is 0.902. The first kappa shape index (κ1) is 28.2. The van der Waals surface area contributed by atoms with Crippen LogP contribution in [0.4, 0.5) is 0 Å². The van der Waals surface area contributed by atoms with Crippen LogP contribution < -0.4 is 0 Å². The van der Waals surface area contributed by atoms with Crippen molar-refractivity contribution in [1.82, 2.24) is 9.55 Å². The molecule has 6 aromatic carbocycles. The van der Waals surface area contributed by atoms with Crippen LogP contribution in [0.5, 0.6) is 0 Å². The first-order valence-electron chi connectivity index (χ1n) is 16.0. The molecule has 2 heterocycles. The molecule has 47 heavy (non-hydrogen) atoms. The molecule has 2 nitrogen and oxygen atoms in total. The second kappa shape index (κ2) is 12.6. The zero-order valence-electron chi connectivity index (χ0n) is 25.9. The fourth-order valence-corrected chi connectivity index (χ4v) is 6.43. The minimum Gasteiger partial charge on any atom is -0.294 e. The van der Waals surface area contributed by atoms with Gasteiger partial charge in [-0.05, 0) is 93.1 Å². The van der Waals surface area contributed by atoms with Crippen LogP contribution in [0, 0.1) is 0 Å². The van der Waals surface area contributed by atoms with E-state index < -0.39 is 0 Å². The molecular weight excluding hydrogens is 569 g/mol. The van der Waals surface area contributed by atoms with Gasteiger partial charge in [0.2, 0.25) is 0 Å². The first-order chi connectivity index (χ1) is 23.3. The smallest absolute Gasteiger partial charge is 0.137 e. The number of aromatic nitrogens is 2. The lowest BCUT2D eigenvalue weighted by Crippen LogP contribution is -1.96. The molecule has 222 valence electrons. The summed E-state index contributed by atoms with van der Waals surface area (Å²) in [5.41, 5.74) is 11.7. The van der Waals surface area contributed by atoms with Crippen LogP contribution in [0.1, 0.15) is 33.4 Å². The Morgan fingerprint density at radius 1 is 0.404 bits per heavy atom. The molecule has 0 atom stereocenters. The minimum absolute atomic E-state index is 0.902. The number of pyridine rings is 1. The van der Waals surface area contributed by atoms with Crippen molar-refractivity contribution in [2.45, 2.75) is 0 Å². The highest BCUT2D eigenvalue weighted by Crippen LogP contribution is 2.38. The van der Waals surface area contributed by atoms with Gasteiger partial charge in [-0.1, -0.05) is 140 Å². The number of benzene rings is 6. The molecular formula is C45H32N2. The lowest BCUT2D eigenvalue weighted by molar-refractivity contribution is 1.08. The van der Waals surface area contributed by atoms with E-state index in [1.165, 1.54) is 55.3 Å². The monoisotopic (exact) mass is 600 g/mol. The Labute approximate surface area is 275 Å². The molecule has 0 radical (unpaired) electrons. The molecule has 0 saturated carbocycles. The lowest BCUT2D eigenvalue weighted by Gasteiger charge is -2.11. The zero-order chi connectivity index (χ0) is 31.4. The van der Waals surface area contributed by atoms with Gasteiger partial charge in [-0.25, -0.2) is 4.98 Å². The van der Waals surface area contributed by atoms with Crippen molar-refractivity contribution in [2.24, 2.45) is 0 Å². The van der Waals surface area contributed by atoms with Gasteiger partial charge in [-0.15, -0.1) is 0 Å². The van der Waals surface area contributed by atoms with E-state index in [-0.39, 0.29) is 0 Å². The predicted octanol–water partition coefficient (Wildman–Crippen LogP) is 11.4.